The average molecular weight is 378 g/mol. The van der Waals surface area contributed by atoms with Crippen molar-refractivity contribution in [3.05, 3.63) is 71.8 Å². The van der Waals surface area contributed by atoms with E-state index in [-0.39, 0.29) is 12.1 Å². The summed E-state index contributed by atoms with van der Waals surface area (Å²) in [5, 5.41) is 8.27. The second-order valence-electron chi connectivity index (χ2n) is 6.63. The zero-order chi connectivity index (χ0) is 19.9. The Bertz CT molecular complexity index is 950. The molecular formula is C23H26N2O3. The first-order valence-electron chi connectivity index (χ1n) is 9.35. The maximum Gasteiger partial charge on any atom is 0.315 e. The first-order chi connectivity index (χ1) is 13.6. The SMILES string of the molecule is COc1ccc(CCNC(=O)N[C@H](C)c2cccc3ccccc23)cc1OC. The standard InChI is InChI=1S/C23H26N2O3/c1-16(19-10-6-8-18-7-4-5-9-20(18)19)25-23(26)24-14-13-17-11-12-21(27-2)22(15-17)28-3/h4-12,15-16H,13-14H2,1-3H3,(H2,24,25,26)/t16-/m1/s1. The van der Waals surface area contributed by atoms with E-state index in [9.17, 15) is 4.79 Å². The summed E-state index contributed by atoms with van der Waals surface area (Å²) in [6.07, 6.45) is 0.705. The maximum atomic E-state index is 12.3. The molecule has 0 radical (unpaired) electrons. The van der Waals surface area contributed by atoms with E-state index >= 15 is 0 Å². The zero-order valence-corrected chi connectivity index (χ0v) is 16.5. The molecule has 0 saturated carbocycles. The van der Waals surface area contributed by atoms with E-state index in [1.165, 1.54) is 5.39 Å². The fraction of sp³-hybridized carbons (Fsp3) is 0.261. The van der Waals surface area contributed by atoms with Crippen molar-refractivity contribution in [2.45, 2.75) is 19.4 Å². The molecule has 28 heavy (non-hydrogen) atoms. The van der Waals surface area contributed by atoms with Crippen LogP contribution in [0.4, 0.5) is 4.79 Å². The lowest BCUT2D eigenvalue weighted by atomic mass is 10.00. The molecule has 5 heteroatoms. The summed E-state index contributed by atoms with van der Waals surface area (Å²) in [5.74, 6) is 1.38. The second-order valence-corrected chi connectivity index (χ2v) is 6.63. The van der Waals surface area contributed by atoms with Gasteiger partial charge in [0.05, 0.1) is 20.3 Å². The summed E-state index contributed by atoms with van der Waals surface area (Å²) in [4.78, 5) is 12.3. The molecule has 0 aliphatic heterocycles. The van der Waals surface area contributed by atoms with Crippen molar-refractivity contribution in [3.63, 3.8) is 0 Å². The molecular weight excluding hydrogens is 352 g/mol. The zero-order valence-electron chi connectivity index (χ0n) is 16.5. The van der Waals surface area contributed by atoms with E-state index in [4.69, 9.17) is 9.47 Å². The first kappa shape index (κ1) is 19.5. The van der Waals surface area contributed by atoms with E-state index in [1.54, 1.807) is 14.2 Å². The number of urea groups is 1. The van der Waals surface area contributed by atoms with Gasteiger partial charge in [0, 0.05) is 6.54 Å². The molecule has 3 aromatic carbocycles. The van der Waals surface area contributed by atoms with Gasteiger partial charge in [0.2, 0.25) is 0 Å². The molecule has 1 atom stereocenters. The third kappa shape index (κ3) is 4.55. The van der Waals surface area contributed by atoms with Gasteiger partial charge in [-0.2, -0.15) is 0 Å². The fourth-order valence-corrected chi connectivity index (χ4v) is 3.31. The van der Waals surface area contributed by atoms with E-state index in [2.05, 4.69) is 34.9 Å². The Kier molecular flexibility index (Phi) is 6.37. The topological polar surface area (TPSA) is 59.6 Å². The molecule has 0 aliphatic rings. The summed E-state index contributed by atoms with van der Waals surface area (Å²) >= 11 is 0. The predicted molar refractivity (Wildman–Crippen MR) is 112 cm³/mol. The van der Waals surface area contributed by atoms with Crippen LogP contribution in [0.25, 0.3) is 10.8 Å². The average Bonchev–Trinajstić information content (AvgIpc) is 2.73. The van der Waals surface area contributed by atoms with Crippen LogP contribution in [-0.4, -0.2) is 26.8 Å². The number of nitrogens with one attached hydrogen (secondary N) is 2. The molecule has 3 rings (SSSR count). The Labute approximate surface area is 165 Å². The van der Waals surface area contributed by atoms with Gasteiger partial charge in [-0.05, 0) is 47.4 Å². The highest BCUT2D eigenvalue weighted by molar-refractivity contribution is 5.86. The van der Waals surface area contributed by atoms with Crippen molar-refractivity contribution >= 4 is 16.8 Å². The van der Waals surface area contributed by atoms with Crippen LogP contribution in [0.3, 0.4) is 0 Å². The molecule has 5 nitrogen and oxygen atoms in total. The Balaban J connectivity index is 1.55. The molecule has 0 aromatic heterocycles. The molecule has 146 valence electrons. The van der Waals surface area contributed by atoms with Crippen LogP contribution in [-0.2, 0) is 6.42 Å². The van der Waals surface area contributed by atoms with Gasteiger partial charge in [-0.25, -0.2) is 4.79 Å². The molecule has 0 aliphatic carbocycles. The van der Waals surface area contributed by atoms with Crippen molar-refractivity contribution in [3.8, 4) is 11.5 Å². The van der Waals surface area contributed by atoms with Gasteiger partial charge in [0.15, 0.2) is 11.5 Å². The van der Waals surface area contributed by atoms with Crippen LogP contribution >= 0.6 is 0 Å². The Morgan fingerprint density at radius 1 is 0.964 bits per heavy atom. The number of carbonyl (C=O) groups excluding carboxylic acids is 1. The lowest BCUT2D eigenvalue weighted by Crippen LogP contribution is -2.38. The van der Waals surface area contributed by atoms with Crippen LogP contribution < -0.4 is 20.1 Å². The van der Waals surface area contributed by atoms with Gasteiger partial charge in [0.25, 0.3) is 0 Å². The lowest BCUT2D eigenvalue weighted by molar-refractivity contribution is 0.238. The number of ether oxygens (including phenoxy) is 2. The van der Waals surface area contributed by atoms with Gasteiger partial charge in [0.1, 0.15) is 0 Å². The molecule has 0 bridgehead atoms. The summed E-state index contributed by atoms with van der Waals surface area (Å²) in [6, 6.07) is 19.8. The fourth-order valence-electron chi connectivity index (χ4n) is 3.31. The largest absolute Gasteiger partial charge is 0.493 e. The second kappa shape index (κ2) is 9.13. The quantitative estimate of drug-likeness (QED) is 0.638. The van der Waals surface area contributed by atoms with Gasteiger partial charge in [-0.3, -0.25) is 0 Å². The van der Waals surface area contributed by atoms with Crippen molar-refractivity contribution < 1.29 is 14.3 Å². The monoisotopic (exact) mass is 378 g/mol. The maximum absolute atomic E-state index is 12.3. The number of amides is 2. The van der Waals surface area contributed by atoms with Crippen LogP contribution in [0.2, 0.25) is 0 Å². The number of carbonyl (C=O) groups is 1. The van der Waals surface area contributed by atoms with E-state index in [0.29, 0.717) is 24.5 Å². The number of methoxy groups -OCH3 is 2. The lowest BCUT2D eigenvalue weighted by Gasteiger charge is -2.17. The Morgan fingerprint density at radius 2 is 1.71 bits per heavy atom. The number of benzene rings is 3. The predicted octanol–water partition coefficient (Wildman–Crippen LogP) is 4.46. The molecule has 0 unspecified atom stereocenters. The van der Waals surface area contributed by atoms with Gasteiger partial charge in [-0.1, -0.05) is 48.5 Å². The van der Waals surface area contributed by atoms with E-state index in [0.717, 1.165) is 16.5 Å². The van der Waals surface area contributed by atoms with Crippen LogP contribution in [0.5, 0.6) is 11.5 Å². The summed E-state index contributed by atoms with van der Waals surface area (Å²) < 4.78 is 10.6. The van der Waals surface area contributed by atoms with Gasteiger partial charge in [-0.15, -0.1) is 0 Å². The highest BCUT2D eigenvalue weighted by Crippen LogP contribution is 2.27. The number of hydrogen-bond acceptors (Lipinski definition) is 3. The number of hydrogen-bond donors (Lipinski definition) is 2. The molecule has 0 heterocycles. The third-order valence-electron chi connectivity index (χ3n) is 4.78. The van der Waals surface area contributed by atoms with Crippen molar-refractivity contribution in [1.29, 1.82) is 0 Å². The van der Waals surface area contributed by atoms with E-state index < -0.39 is 0 Å². The summed E-state index contributed by atoms with van der Waals surface area (Å²) in [5.41, 5.74) is 2.17. The normalized spacial score (nSPS) is 11.7. The van der Waals surface area contributed by atoms with Crippen molar-refractivity contribution in [1.82, 2.24) is 10.6 Å². The minimum atomic E-state index is -0.180. The van der Waals surface area contributed by atoms with Crippen LogP contribution in [0.15, 0.2) is 60.7 Å². The van der Waals surface area contributed by atoms with Crippen molar-refractivity contribution in [2.24, 2.45) is 0 Å². The van der Waals surface area contributed by atoms with Crippen LogP contribution in [0, 0.1) is 0 Å². The smallest absolute Gasteiger partial charge is 0.315 e. The third-order valence-corrected chi connectivity index (χ3v) is 4.78. The minimum Gasteiger partial charge on any atom is -0.493 e. The Hall–Kier alpha value is -3.21. The number of fused-ring (bicyclic) bond motifs is 1. The molecule has 0 spiro atoms. The number of rotatable bonds is 7. The molecule has 0 saturated heterocycles. The van der Waals surface area contributed by atoms with Gasteiger partial charge < -0.3 is 20.1 Å². The molecule has 0 fully saturated rings. The Morgan fingerprint density at radius 3 is 2.50 bits per heavy atom. The molecule has 2 amide bonds. The molecule has 3 aromatic rings. The highest BCUT2D eigenvalue weighted by Gasteiger charge is 2.12. The van der Waals surface area contributed by atoms with Crippen LogP contribution in [0.1, 0.15) is 24.1 Å². The summed E-state index contributed by atoms with van der Waals surface area (Å²) in [7, 11) is 3.22. The van der Waals surface area contributed by atoms with Gasteiger partial charge >= 0.3 is 6.03 Å². The minimum absolute atomic E-state index is 0.0906. The first-order valence-corrected chi connectivity index (χ1v) is 9.35. The highest BCUT2D eigenvalue weighted by atomic mass is 16.5. The van der Waals surface area contributed by atoms with E-state index in [1.807, 2.05) is 43.3 Å². The molecule has 2 N–H and O–H groups in total. The van der Waals surface area contributed by atoms with Crippen molar-refractivity contribution in [2.75, 3.05) is 20.8 Å². The summed E-state index contributed by atoms with van der Waals surface area (Å²) in [6.45, 7) is 2.53.